The van der Waals surface area contributed by atoms with Crippen LogP contribution in [-0.2, 0) is 9.84 Å². The van der Waals surface area contributed by atoms with Gasteiger partial charge in [-0.15, -0.1) is 11.3 Å². The number of aromatic nitrogens is 2. The van der Waals surface area contributed by atoms with Gasteiger partial charge in [0, 0.05) is 30.8 Å². The molecule has 0 bridgehead atoms. The maximum absolute atomic E-state index is 11.5. The van der Waals surface area contributed by atoms with Crippen LogP contribution in [0.5, 0.6) is 5.75 Å². The normalized spacial score (nSPS) is 11.5. The van der Waals surface area contributed by atoms with E-state index in [0.29, 0.717) is 12.4 Å². The van der Waals surface area contributed by atoms with Gasteiger partial charge in [-0.2, -0.15) is 0 Å². The van der Waals surface area contributed by atoms with E-state index in [9.17, 15) is 8.42 Å². The molecule has 0 aliphatic carbocycles. The quantitative estimate of drug-likeness (QED) is 0.361. The van der Waals surface area contributed by atoms with Crippen LogP contribution in [0.2, 0.25) is 0 Å². The molecule has 0 N–H and O–H groups in total. The molecule has 31 heavy (non-hydrogen) atoms. The van der Waals surface area contributed by atoms with E-state index < -0.39 is 9.84 Å². The molecule has 0 aliphatic heterocycles. The number of benzene rings is 2. The summed E-state index contributed by atoms with van der Waals surface area (Å²) < 4.78 is 28.9. The van der Waals surface area contributed by atoms with E-state index >= 15 is 0 Å². The summed E-state index contributed by atoms with van der Waals surface area (Å²) in [5, 5.41) is 3.20. The minimum Gasteiger partial charge on any atom is -0.494 e. The zero-order valence-corrected chi connectivity index (χ0v) is 19.0. The minimum atomic E-state index is -3.20. The summed E-state index contributed by atoms with van der Waals surface area (Å²) >= 11 is 1.62. The first kappa shape index (κ1) is 21.3. The third-order valence-electron chi connectivity index (χ3n) is 4.96. The fourth-order valence-electron chi connectivity index (χ4n) is 3.36. The Morgan fingerprint density at radius 3 is 2.48 bits per heavy atom. The van der Waals surface area contributed by atoms with Crippen LogP contribution in [0.4, 0.5) is 5.82 Å². The van der Waals surface area contributed by atoms with Crippen LogP contribution in [0.3, 0.4) is 0 Å². The second-order valence-electron chi connectivity index (χ2n) is 7.26. The number of ether oxygens (including phenoxy) is 1. The molecule has 2 aromatic carbocycles. The predicted molar refractivity (Wildman–Crippen MR) is 126 cm³/mol. The molecule has 0 fully saturated rings. The molecule has 0 saturated heterocycles. The SMILES string of the molecule is CN(CCCOc1ccc(S(C)(=O)=O)cc1)c1ncnc2scc(-c3ccccc3)c12. The van der Waals surface area contributed by atoms with Crippen LogP contribution in [-0.4, -0.2) is 44.8 Å². The number of thiophene rings is 1. The number of sulfone groups is 1. The molecule has 2 heterocycles. The standard InChI is InChI=1S/C23H23N3O3S2/c1-26(13-6-14-29-18-9-11-19(12-10-18)31(2,27)28)22-21-20(17-7-4-3-5-8-17)15-30-23(21)25-16-24-22/h3-5,7-12,15-16H,6,13-14H2,1-2H3. The fourth-order valence-corrected chi connectivity index (χ4v) is 4.90. The van der Waals surface area contributed by atoms with Crippen molar-refractivity contribution in [2.45, 2.75) is 11.3 Å². The summed E-state index contributed by atoms with van der Waals surface area (Å²) in [5.74, 6) is 1.56. The first-order valence-electron chi connectivity index (χ1n) is 9.85. The lowest BCUT2D eigenvalue weighted by Crippen LogP contribution is -2.21. The molecule has 0 atom stereocenters. The van der Waals surface area contributed by atoms with Gasteiger partial charge in [0.2, 0.25) is 0 Å². The van der Waals surface area contributed by atoms with Crippen molar-refractivity contribution in [3.05, 3.63) is 66.3 Å². The van der Waals surface area contributed by atoms with Gasteiger partial charge in [0.05, 0.1) is 16.9 Å². The van der Waals surface area contributed by atoms with E-state index in [1.807, 2.05) is 25.2 Å². The highest BCUT2D eigenvalue weighted by atomic mass is 32.2. The molecule has 0 amide bonds. The zero-order chi connectivity index (χ0) is 21.8. The molecule has 4 rings (SSSR count). The van der Waals surface area contributed by atoms with Crippen molar-refractivity contribution in [1.82, 2.24) is 9.97 Å². The Balaban J connectivity index is 1.42. The average molecular weight is 454 g/mol. The molecule has 0 saturated carbocycles. The lowest BCUT2D eigenvalue weighted by molar-refractivity contribution is 0.312. The van der Waals surface area contributed by atoms with Crippen LogP contribution in [0, 0.1) is 0 Å². The van der Waals surface area contributed by atoms with Gasteiger partial charge in [-0.25, -0.2) is 18.4 Å². The van der Waals surface area contributed by atoms with E-state index in [4.69, 9.17) is 4.74 Å². The van der Waals surface area contributed by atoms with Gasteiger partial charge in [-0.1, -0.05) is 30.3 Å². The molecule has 0 spiro atoms. The number of hydrogen-bond donors (Lipinski definition) is 0. The van der Waals surface area contributed by atoms with E-state index in [-0.39, 0.29) is 4.90 Å². The molecule has 160 valence electrons. The number of rotatable bonds is 8. The lowest BCUT2D eigenvalue weighted by Gasteiger charge is -2.19. The average Bonchev–Trinajstić information content (AvgIpc) is 3.21. The zero-order valence-electron chi connectivity index (χ0n) is 17.4. The van der Waals surface area contributed by atoms with E-state index in [1.54, 1.807) is 41.9 Å². The van der Waals surface area contributed by atoms with Crippen LogP contribution >= 0.6 is 11.3 Å². The summed E-state index contributed by atoms with van der Waals surface area (Å²) in [6, 6.07) is 16.8. The summed E-state index contributed by atoms with van der Waals surface area (Å²) in [4.78, 5) is 12.4. The molecular formula is C23H23N3O3S2. The predicted octanol–water partition coefficient (Wildman–Crippen LogP) is 4.67. The van der Waals surface area contributed by atoms with Gasteiger partial charge in [-0.05, 0) is 36.2 Å². The van der Waals surface area contributed by atoms with Gasteiger partial charge in [-0.3, -0.25) is 0 Å². The van der Waals surface area contributed by atoms with Gasteiger partial charge < -0.3 is 9.64 Å². The maximum Gasteiger partial charge on any atom is 0.175 e. The Kier molecular flexibility index (Phi) is 6.20. The summed E-state index contributed by atoms with van der Waals surface area (Å²) in [5.41, 5.74) is 2.30. The molecule has 4 aromatic rings. The van der Waals surface area contributed by atoms with Crippen LogP contribution in [0.15, 0.2) is 71.2 Å². The van der Waals surface area contributed by atoms with Crippen LogP contribution in [0.1, 0.15) is 6.42 Å². The first-order valence-corrected chi connectivity index (χ1v) is 12.6. The summed E-state index contributed by atoms with van der Waals surface area (Å²) in [7, 11) is -1.17. The molecule has 8 heteroatoms. The third-order valence-corrected chi connectivity index (χ3v) is 6.97. The number of fused-ring (bicyclic) bond motifs is 1. The summed E-state index contributed by atoms with van der Waals surface area (Å²) in [6.45, 7) is 1.28. The lowest BCUT2D eigenvalue weighted by atomic mass is 10.1. The molecule has 0 unspecified atom stereocenters. The fraction of sp³-hybridized carbons (Fsp3) is 0.217. The number of anilines is 1. The topological polar surface area (TPSA) is 72.4 Å². The molecular weight excluding hydrogens is 430 g/mol. The minimum absolute atomic E-state index is 0.289. The van der Waals surface area contributed by atoms with E-state index in [0.717, 1.165) is 40.1 Å². The van der Waals surface area contributed by atoms with Gasteiger partial charge >= 0.3 is 0 Å². The van der Waals surface area contributed by atoms with Gasteiger partial charge in [0.15, 0.2) is 9.84 Å². The highest BCUT2D eigenvalue weighted by Gasteiger charge is 2.15. The smallest absolute Gasteiger partial charge is 0.175 e. The van der Waals surface area contributed by atoms with Crippen molar-refractivity contribution in [2.24, 2.45) is 0 Å². The second kappa shape index (κ2) is 9.03. The Bertz CT molecular complexity index is 1270. The van der Waals surface area contributed by atoms with Crippen molar-refractivity contribution in [3.63, 3.8) is 0 Å². The highest BCUT2D eigenvalue weighted by Crippen LogP contribution is 2.37. The molecule has 6 nitrogen and oxygen atoms in total. The Morgan fingerprint density at radius 2 is 1.77 bits per heavy atom. The Morgan fingerprint density at radius 1 is 1.03 bits per heavy atom. The highest BCUT2D eigenvalue weighted by molar-refractivity contribution is 7.90. The van der Waals surface area contributed by atoms with Gasteiger partial charge in [0.1, 0.15) is 22.7 Å². The monoisotopic (exact) mass is 453 g/mol. The Hall–Kier alpha value is -2.97. The van der Waals surface area contributed by atoms with Crippen molar-refractivity contribution >= 4 is 37.2 Å². The molecule has 2 aromatic heterocycles. The maximum atomic E-state index is 11.5. The second-order valence-corrected chi connectivity index (χ2v) is 10.1. The summed E-state index contributed by atoms with van der Waals surface area (Å²) in [6.07, 6.45) is 3.60. The molecule has 0 aliphatic rings. The van der Waals surface area contributed by atoms with Crippen LogP contribution in [0.25, 0.3) is 21.3 Å². The van der Waals surface area contributed by atoms with E-state index in [2.05, 4.69) is 32.4 Å². The Labute approximate surface area is 186 Å². The number of hydrogen-bond acceptors (Lipinski definition) is 7. The first-order chi connectivity index (χ1) is 14.9. The van der Waals surface area contributed by atoms with Crippen molar-refractivity contribution in [1.29, 1.82) is 0 Å². The third kappa shape index (κ3) is 4.86. The van der Waals surface area contributed by atoms with E-state index in [1.165, 1.54) is 6.26 Å². The number of nitrogens with zero attached hydrogens (tertiary/aromatic N) is 3. The van der Waals surface area contributed by atoms with Crippen molar-refractivity contribution in [2.75, 3.05) is 31.4 Å². The van der Waals surface area contributed by atoms with Crippen molar-refractivity contribution < 1.29 is 13.2 Å². The van der Waals surface area contributed by atoms with Gasteiger partial charge in [0.25, 0.3) is 0 Å². The van der Waals surface area contributed by atoms with Crippen molar-refractivity contribution in [3.8, 4) is 16.9 Å². The van der Waals surface area contributed by atoms with Crippen LogP contribution < -0.4 is 9.64 Å². The molecule has 0 radical (unpaired) electrons. The largest absolute Gasteiger partial charge is 0.494 e.